The van der Waals surface area contributed by atoms with Gasteiger partial charge in [0.1, 0.15) is 0 Å². The number of hydrogen-bond donors (Lipinski definition) is 1. The maximum atomic E-state index is 11.5. The van der Waals surface area contributed by atoms with Crippen molar-refractivity contribution in [3.8, 4) is 0 Å². The molecule has 7 heteroatoms. The molecule has 0 radical (unpaired) electrons. The first-order valence-corrected chi connectivity index (χ1v) is 7.28. The Morgan fingerprint density at radius 2 is 1.68 bits per heavy atom. The van der Waals surface area contributed by atoms with Gasteiger partial charge in [-0.05, 0) is 11.6 Å². The first kappa shape index (κ1) is 15.5. The summed E-state index contributed by atoms with van der Waals surface area (Å²) >= 11 is 0. The van der Waals surface area contributed by atoms with Gasteiger partial charge in [-0.15, -0.1) is 0 Å². The Labute approximate surface area is 114 Å². The molecule has 0 aliphatic heterocycles. The van der Waals surface area contributed by atoms with Crippen LogP contribution in [0.25, 0.3) is 0 Å². The summed E-state index contributed by atoms with van der Waals surface area (Å²) in [5.74, 6) is 0.754. The zero-order valence-electron chi connectivity index (χ0n) is 11.7. The lowest BCUT2D eigenvalue weighted by Gasteiger charge is -2.22. The van der Waals surface area contributed by atoms with Crippen LogP contribution in [0.5, 0.6) is 0 Å². The summed E-state index contributed by atoms with van der Waals surface area (Å²) in [4.78, 5) is 8.26. The van der Waals surface area contributed by atoms with Crippen LogP contribution in [0.2, 0.25) is 0 Å². The second-order valence-electron chi connectivity index (χ2n) is 4.56. The molecule has 6 nitrogen and oxygen atoms in total. The van der Waals surface area contributed by atoms with Gasteiger partial charge >= 0.3 is 0 Å². The highest BCUT2D eigenvalue weighted by Gasteiger charge is 2.13. The van der Waals surface area contributed by atoms with E-state index in [1.807, 2.05) is 38.0 Å². The van der Waals surface area contributed by atoms with Crippen molar-refractivity contribution in [1.82, 2.24) is 9.80 Å². The lowest BCUT2D eigenvalue weighted by Crippen LogP contribution is -2.35. The van der Waals surface area contributed by atoms with Gasteiger partial charge in [-0.2, -0.15) is 0 Å². The number of rotatable bonds is 3. The Hall–Kier alpha value is -1.60. The lowest BCUT2D eigenvalue weighted by atomic mass is 10.2. The number of nitrogens with two attached hydrogens (primary N) is 1. The number of nitrogens with zero attached hydrogens (tertiary/aromatic N) is 3. The third kappa shape index (κ3) is 4.22. The molecule has 0 bridgehead atoms. The molecule has 19 heavy (non-hydrogen) atoms. The summed E-state index contributed by atoms with van der Waals surface area (Å²) in [5.41, 5.74) is 0.589. The predicted molar refractivity (Wildman–Crippen MR) is 76.3 cm³/mol. The topological polar surface area (TPSA) is 79.0 Å². The van der Waals surface area contributed by atoms with Crippen molar-refractivity contribution < 1.29 is 8.42 Å². The SMILES string of the molecule is CN(C)C(=NCc1ccccc1S(N)(=O)=O)N(C)C. The molecule has 0 saturated heterocycles. The third-order valence-corrected chi connectivity index (χ3v) is 3.48. The molecule has 0 spiro atoms. The Morgan fingerprint density at radius 3 is 2.16 bits per heavy atom. The van der Waals surface area contributed by atoms with Gasteiger partial charge in [0.2, 0.25) is 10.0 Å². The van der Waals surface area contributed by atoms with E-state index in [9.17, 15) is 8.42 Å². The maximum Gasteiger partial charge on any atom is 0.238 e. The fourth-order valence-electron chi connectivity index (χ4n) is 1.75. The molecule has 106 valence electrons. The molecule has 1 aromatic rings. The first-order chi connectivity index (χ1) is 8.73. The number of hydrogen-bond acceptors (Lipinski definition) is 3. The summed E-state index contributed by atoms with van der Waals surface area (Å²) < 4.78 is 22.9. The molecule has 1 aromatic carbocycles. The van der Waals surface area contributed by atoms with Crippen LogP contribution in [0, 0.1) is 0 Å². The molecule has 0 saturated carbocycles. The van der Waals surface area contributed by atoms with E-state index in [2.05, 4.69) is 4.99 Å². The molecule has 0 aromatic heterocycles. The molecule has 0 heterocycles. The molecule has 1 rings (SSSR count). The number of primary sulfonamides is 1. The fourth-order valence-corrected chi connectivity index (χ4v) is 2.52. The summed E-state index contributed by atoms with van der Waals surface area (Å²) in [7, 11) is 3.80. The highest BCUT2D eigenvalue weighted by Crippen LogP contribution is 2.14. The molecule has 0 fully saturated rings. The number of sulfonamides is 1. The number of aliphatic imine (C=N–C) groups is 1. The Morgan fingerprint density at radius 1 is 1.16 bits per heavy atom. The number of benzene rings is 1. The van der Waals surface area contributed by atoms with E-state index in [-0.39, 0.29) is 11.4 Å². The van der Waals surface area contributed by atoms with Crippen LogP contribution in [0.4, 0.5) is 0 Å². The Bertz CT molecular complexity index is 555. The van der Waals surface area contributed by atoms with Gasteiger partial charge in [-0.25, -0.2) is 18.5 Å². The largest absolute Gasteiger partial charge is 0.349 e. The Balaban J connectivity index is 3.11. The molecule has 0 aliphatic carbocycles. The van der Waals surface area contributed by atoms with Crippen LogP contribution >= 0.6 is 0 Å². The maximum absolute atomic E-state index is 11.5. The van der Waals surface area contributed by atoms with Crippen LogP contribution < -0.4 is 5.14 Å². The van der Waals surface area contributed by atoms with E-state index in [1.165, 1.54) is 6.07 Å². The van der Waals surface area contributed by atoms with Gasteiger partial charge in [-0.1, -0.05) is 18.2 Å². The van der Waals surface area contributed by atoms with E-state index in [1.54, 1.807) is 18.2 Å². The Kier molecular flexibility index (Phi) is 4.90. The first-order valence-electron chi connectivity index (χ1n) is 5.73. The van der Waals surface area contributed by atoms with Gasteiger partial charge < -0.3 is 9.80 Å². The van der Waals surface area contributed by atoms with Crippen molar-refractivity contribution >= 4 is 16.0 Å². The summed E-state index contributed by atoms with van der Waals surface area (Å²) in [6, 6.07) is 6.62. The molecule has 0 atom stereocenters. The molecule has 0 amide bonds. The van der Waals surface area contributed by atoms with Crippen molar-refractivity contribution in [2.45, 2.75) is 11.4 Å². The van der Waals surface area contributed by atoms with Crippen molar-refractivity contribution in [2.75, 3.05) is 28.2 Å². The van der Waals surface area contributed by atoms with Gasteiger partial charge in [0.15, 0.2) is 5.96 Å². The van der Waals surface area contributed by atoms with Crippen molar-refractivity contribution in [1.29, 1.82) is 0 Å². The summed E-state index contributed by atoms with van der Waals surface area (Å²) in [6.07, 6.45) is 0. The molecular formula is C12H20N4O2S. The average molecular weight is 284 g/mol. The van der Waals surface area contributed by atoms with E-state index in [0.29, 0.717) is 5.56 Å². The van der Waals surface area contributed by atoms with Crippen LogP contribution in [-0.2, 0) is 16.6 Å². The minimum atomic E-state index is -3.72. The highest BCUT2D eigenvalue weighted by molar-refractivity contribution is 7.89. The van der Waals surface area contributed by atoms with E-state index in [0.717, 1.165) is 5.96 Å². The van der Waals surface area contributed by atoms with Gasteiger partial charge in [0, 0.05) is 28.2 Å². The number of guanidine groups is 1. The second kappa shape index (κ2) is 6.03. The van der Waals surface area contributed by atoms with Crippen molar-refractivity contribution in [3.05, 3.63) is 29.8 Å². The monoisotopic (exact) mass is 284 g/mol. The quantitative estimate of drug-likeness (QED) is 0.640. The fraction of sp³-hybridized carbons (Fsp3) is 0.417. The highest BCUT2D eigenvalue weighted by atomic mass is 32.2. The van der Waals surface area contributed by atoms with Crippen LogP contribution in [0.1, 0.15) is 5.56 Å². The van der Waals surface area contributed by atoms with Gasteiger partial charge in [0.25, 0.3) is 0 Å². The van der Waals surface area contributed by atoms with E-state index in [4.69, 9.17) is 5.14 Å². The van der Waals surface area contributed by atoms with Crippen LogP contribution in [0.15, 0.2) is 34.2 Å². The normalized spacial score (nSPS) is 11.0. The molecule has 0 aliphatic rings. The second-order valence-corrected chi connectivity index (χ2v) is 6.09. The van der Waals surface area contributed by atoms with Gasteiger partial charge in [0.05, 0.1) is 11.4 Å². The smallest absolute Gasteiger partial charge is 0.238 e. The zero-order valence-corrected chi connectivity index (χ0v) is 12.5. The van der Waals surface area contributed by atoms with E-state index >= 15 is 0 Å². The van der Waals surface area contributed by atoms with Gasteiger partial charge in [-0.3, -0.25) is 0 Å². The molecule has 0 unspecified atom stereocenters. The molecule has 2 N–H and O–H groups in total. The minimum absolute atomic E-state index is 0.121. The summed E-state index contributed by atoms with van der Waals surface area (Å²) in [5, 5.41) is 5.19. The van der Waals surface area contributed by atoms with Crippen molar-refractivity contribution in [2.24, 2.45) is 10.1 Å². The molecular weight excluding hydrogens is 264 g/mol. The lowest BCUT2D eigenvalue weighted by molar-refractivity contribution is 0.479. The standard InChI is InChI=1S/C12H20N4O2S/c1-15(2)12(16(3)4)14-9-10-7-5-6-8-11(10)19(13,17)18/h5-8H,9H2,1-4H3,(H2,13,17,18). The third-order valence-electron chi connectivity index (χ3n) is 2.47. The van der Waals surface area contributed by atoms with E-state index < -0.39 is 10.0 Å². The predicted octanol–water partition coefficient (Wildman–Crippen LogP) is 0.313. The van der Waals surface area contributed by atoms with Crippen LogP contribution in [0.3, 0.4) is 0 Å². The van der Waals surface area contributed by atoms with Crippen LogP contribution in [-0.4, -0.2) is 52.4 Å². The minimum Gasteiger partial charge on any atom is -0.349 e. The average Bonchev–Trinajstić information content (AvgIpc) is 2.27. The zero-order chi connectivity index (χ0) is 14.6. The van der Waals surface area contributed by atoms with Crippen molar-refractivity contribution in [3.63, 3.8) is 0 Å². The summed E-state index contributed by atoms with van der Waals surface area (Å²) in [6.45, 7) is 0.262.